The molecule has 1 amide bonds. The van der Waals surface area contributed by atoms with Gasteiger partial charge in [0.15, 0.2) is 0 Å². The van der Waals surface area contributed by atoms with Gasteiger partial charge >= 0.3 is 0 Å². The van der Waals surface area contributed by atoms with Gasteiger partial charge < -0.3 is 4.74 Å². The molecule has 0 saturated carbocycles. The third-order valence-electron chi connectivity index (χ3n) is 3.74. The first kappa shape index (κ1) is 21.3. The van der Waals surface area contributed by atoms with Crippen LogP contribution < -0.4 is 10.2 Å². The van der Waals surface area contributed by atoms with Gasteiger partial charge in [0.25, 0.3) is 5.91 Å². The van der Waals surface area contributed by atoms with E-state index in [4.69, 9.17) is 4.74 Å². The molecule has 0 aliphatic rings. The van der Waals surface area contributed by atoms with Gasteiger partial charge in [0.1, 0.15) is 12.4 Å². The van der Waals surface area contributed by atoms with Crippen molar-refractivity contribution in [2.24, 2.45) is 5.10 Å². The van der Waals surface area contributed by atoms with Crippen LogP contribution in [0.15, 0.2) is 76.3 Å². The Kier molecular flexibility index (Phi) is 7.86. The number of nitrogens with one attached hydrogen (secondary N) is 1. The molecule has 28 heavy (non-hydrogen) atoms. The van der Waals surface area contributed by atoms with Gasteiger partial charge in [-0.25, -0.2) is 5.43 Å². The number of nitrogens with zero attached hydrogens (tertiary/aromatic N) is 1. The van der Waals surface area contributed by atoms with Crippen LogP contribution in [-0.4, -0.2) is 12.1 Å². The fourth-order valence-corrected chi connectivity index (χ4v) is 4.99. The molecule has 3 aromatic rings. The molecule has 0 atom stereocenters. The van der Waals surface area contributed by atoms with Gasteiger partial charge in [-0.15, -0.1) is 0 Å². The van der Waals surface area contributed by atoms with Gasteiger partial charge in [-0.05, 0) is 96.5 Å². The number of halogens is 3. The maximum atomic E-state index is 12.2. The first-order chi connectivity index (χ1) is 13.5. The van der Waals surface area contributed by atoms with E-state index < -0.39 is 0 Å². The van der Waals surface area contributed by atoms with Gasteiger partial charge in [-0.1, -0.05) is 42.5 Å². The highest BCUT2D eigenvalue weighted by Gasteiger charge is 2.10. The number of benzene rings is 3. The Balaban J connectivity index is 1.66. The zero-order valence-corrected chi connectivity index (χ0v) is 20.4. The number of hydrogen-bond donors (Lipinski definition) is 1. The van der Waals surface area contributed by atoms with Crippen LogP contribution in [-0.2, 0) is 6.61 Å². The molecule has 0 spiro atoms. The average Bonchev–Trinajstić information content (AvgIpc) is 2.68. The lowest BCUT2D eigenvalue weighted by Crippen LogP contribution is -2.18. The fraction of sp³-hybridized carbons (Fsp3) is 0.0476. The van der Waals surface area contributed by atoms with Gasteiger partial charge in [0.05, 0.1) is 18.9 Å². The van der Waals surface area contributed by atoms with Gasteiger partial charge in [-0.2, -0.15) is 5.10 Å². The summed E-state index contributed by atoms with van der Waals surface area (Å²) in [6.45, 7) is 0.516. The molecular formula is C21H15BrI2N2O2. The van der Waals surface area contributed by atoms with Crippen LogP contribution >= 0.6 is 61.1 Å². The van der Waals surface area contributed by atoms with E-state index in [0.717, 1.165) is 28.5 Å². The zero-order valence-electron chi connectivity index (χ0n) is 14.5. The molecule has 0 aliphatic heterocycles. The zero-order chi connectivity index (χ0) is 19.9. The predicted molar refractivity (Wildman–Crippen MR) is 132 cm³/mol. The number of hydrogen-bond acceptors (Lipinski definition) is 3. The van der Waals surface area contributed by atoms with Gasteiger partial charge in [0, 0.05) is 4.47 Å². The maximum Gasteiger partial charge on any atom is 0.272 e. The van der Waals surface area contributed by atoms with Gasteiger partial charge in [0.2, 0.25) is 0 Å². The number of carbonyl (C=O) groups is 1. The highest BCUT2D eigenvalue weighted by Crippen LogP contribution is 2.29. The quantitative estimate of drug-likeness (QED) is 0.200. The van der Waals surface area contributed by atoms with Crippen molar-refractivity contribution in [1.29, 1.82) is 0 Å². The largest absolute Gasteiger partial charge is 0.487 e. The van der Waals surface area contributed by atoms with Crippen molar-refractivity contribution in [3.63, 3.8) is 0 Å². The van der Waals surface area contributed by atoms with Crippen LogP contribution in [0.25, 0.3) is 0 Å². The first-order valence-electron chi connectivity index (χ1n) is 8.28. The molecule has 0 radical (unpaired) electrons. The lowest BCUT2D eigenvalue weighted by Gasteiger charge is -2.11. The number of amides is 1. The van der Waals surface area contributed by atoms with Crippen LogP contribution in [0.4, 0.5) is 0 Å². The summed E-state index contributed by atoms with van der Waals surface area (Å²) in [5.74, 6) is 0.579. The Labute approximate surface area is 199 Å². The lowest BCUT2D eigenvalue weighted by atomic mass is 10.2. The summed E-state index contributed by atoms with van der Waals surface area (Å²) in [4.78, 5) is 12.2. The topological polar surface area (TPSA) is 50.7 Å². The molecule has 0 heterocycles. The van der Waals surface area contributed by atoms with Crippen molar-refractivity contribution in [2.45, 2.75) is 6.61 Å². The molecular weight excluding hydrogens is 646 g/mol. The third kappa shape index (κ3) is 5.77. The van der Waals surface area contributed by atoms with Crippen LogP contribution in [0.5, 0.6) is 5.75 Å². The van der Waals surface area contributed by atoms with E-state index in [1.165, 1.54) is 0 Å². The molecule has 0 unspecified atom stereocenters. The van der Waals surface area contributed by atoms with E-state index in [-0.39, 0.29) is 5.91 Å². The van der Waals surface area contributed by atoms with Gasteiger partial charge in [-0.3, -0.25) is 4.79 Å². The van der Waals surface area contributed by atoms with E-state index in [1.807, 2.05) is 60.7 Å². The van der Waals surface area contributed by atoms with Crippen molar-refractivity contribution in [3.8, 4) is 5.75 Å². The standard InChI is InChI=1S/C21H15BrI2N2O2/c22-17-9-5-4-8-16(17)21(27)26-25-12-15-10-18(23)20(19(24)11-15)28-13-14-6-2-1-3-7-14/h1-12H,13H2,(H,26,27)/b25-12-. The normalized spacial score (nSPS) is 10.8. The average molecular weight is 661 g/mol. The summed E-state index contributed by atoms with van der Waals surface area (Å²) in [6.07, 6.45) is 1.63. The van der Waals surface area contributed by atoms with Crippen molar-refractivity contribution < 1.29 is 9.53 Å². The fourth-order valence-electron chi connectivity index (χ4n) is 2.39. The Morgan fingerprint density at radius 2 is 1.68 bits per heavy atom. The van der Waals surface area contributed by atoms with E-state index >= 15 is 0 Å². The Morgan fingerprint density at radius 3 is 2.36 bits per heavy atom. The van der Waals surface area contributed by atoms with E-state index in [1.54, 1.807) is 12.3 Å². The number of carbonyl (C=O) groups excluding carboxylic acids is 1. The molecule has 0 aromatic heterocycles. The summed E-state index contributed by atoms with van der Waals surface area (Å²) < 4.78 is 8.69. The Morgan fingerprint density at radius 1 is 1.04 bits per heavy atom. The summed E-state index contributed by atoms with van der Waals surface area (Å²) in [7, 11) is 0. The second kappa shape index (κ2) is 10.4. The van der Waals surface area contributed by atoms with Crippen molar-refractivity contribution in [2.75, 3.05) is 0 Å². The molecule has 7 heteroatoms. The number of hydrazone groups is 1. The van der Waals surface area contributed by atoms with Crippen LogP contribution in [0.3, 0.4) is 0 Å². The van der Waals surface area contributed by atoms with E-state index in [0.29, 0.717) is 12.2 Å². The highest BCUT2D eigenvalue weighted by molar-refractivity contribution is 14.1. The van der Waals surface area contributed by atoms with Crippen molar-refractivity contribution >= 4 is 73.2 Å². The molecule has 3 rings (SSSR count). The SMILES string of the molecule is O=C(N/N=C\c1cc(I)c(OCc2ccccc2)c(I)c1)c1ccccc1Br. The van der Waals surface area contributed by atoms with Crippen molar-refractivity contribution in [1.82, 2.24) is 5.43 Å². The highest BCUT2D eigenvalue weighted by atomic mass is 127. The Bertz CT molecular complexity index is 987. The summed E-state index contributed by atoms with van der Waals surface area (Å²) in [5.41, 5.74) is 5.09. The molecule has 0 saturated heterocycles. The summed E-state index contributed by atoms with van der Waals surface area (Å²) in [5, 5.41) is 4.07. The first-order valence-corrected chi connectivity index (χ1v) is 11.2. The monoisotopic (exact) mass is 660 g/mol. The second-order valence-corrected chi connectivity index (χ2v) is 8.95. The minimum atomic E-state index is -0.268. The Hall–Kier alpha value is -1.46. The molecule has 142 valence electrons. The maximum absolute atomic E-state index is 12.2. The predicted octanol–water partition coefficient (Wildman–Crippen LogP) is 6.00. The van der Waals surface area contributed by atoms with Crippen LogP contribution in [0.2, 0.25) is 0 Å². The lowest BCUT2D eigenvalue weighted by molar-refractivity contribution is 0.0954. The summed E-state index contributed by atoms with van der Waals surface area (Å²) >= 11 is 7.86. The smallest absolute Gasteiger partial charge is 0.272 e. The van der Waals surface area contributed by atoms with E-state index in [2.05, 4.69) is 71.6 Å². The van der Waals surface area contributed by atoms with Crippen LogP contribution in [0, 0.1) is 7.14 Å². The molecule has 4 nitrogen and oxygen atoms in total. The molecule has 0 bridgehead atoms. The molecule has 3 aromatic carbocycles. The minimum absolute atomic E-state index is 0.268. The summed E-state index contributed by atoms with van der Waals surface area (Å²) in [6, 6.07) is 21.2. The van der Waals surface area contributed by atoms with Crippen molar-refractivity contribution in [3.05, 3.63) is 95.0 Å². The van der Waals surface area contributed by atoms with E-state index in [9.17, 15) is 4.79 Å². The third-order valence-corrected chi connectivity index (χ3v) is 6.04. The second-order valence-electron chi connectivity index (χ2n) is 5.77. The van der Waals surface area contributed by atoms with Crippen LogP contribution in [0.1, 0.15) is 21.5 Å². The number of ether oxygens (including phenoxy) is 1. The molecule has 0 fully saturated rings. The molecule has 0 aliphatic carbocycles. The molecule has 1 N–H and O–H groups in total. The number of rotatable bonds is 6. The minimum Gasteiger partial charge on any atom is -0.487 e.